The van der Waals surface area contributed by atoms with Crippen LogP contribution in [0.1, 0.15) is 36.0 Å². The normalized spacial score (nSPS) is 10.6. The van der Waals surface area contributed by atoms with E-state index in [0.29, 0.717) is 11.7 Å². The van der Waals surface area contributed by atoms with Gasteiger partial charge in [-0.25, -0.2) is 0 Å². The van der Waals surface area contributed by atoms with Crippen molar-refractivity contribution in [2.75, 3.05) is 11.9 Å². The van der Waals surface area contributed by atoms with E-state index in [2.05, 4.69) is 20.8 Å². The number of carbonyl (C=O) groups excluding carboxylic acids is 2. The summed E-state index contributed by atoms with van der Waals surface area (Å²) in [6.45, 7) is 3.88. The van der Waals surface area contributed by atoms with Crippen molar-refractivity contribution in [3.8, 4) is 0 Å². The van der Waals surface area contributed by atoms with Gasteiger partial charge < -0.3 is 15.1 Å². The fourth-order valence-electron chi connectivity index (χ4n) is 1.54. The molecule has 0 aliphatic heterocycles. The third-order valence-electron chi connectivity index (χ3n) is 2.64. The third-order valence-corrected chi connectivity index (χ3v) is 2.64. The number of hydrogen-bond acceptors (Lipinski definition) is 4. The highest BCUT2D eigenvalue weighted by molar-refractivity contribution is 5.97. The van der Waals surface area contributed by atoms with Gasteiger partial charge in [-0.3, -0.25) is 14.7 Å². The molecule has 7 heteroatoms. The Labute approximate surface area is 115 Å². The van der Waals surface area contributed by atoms with Gasteiger partial charge in [0.2, 0.25) is 5.91 Å². The maximum atomic E-state index is 11.7. The molecule has 2 amide bonds. The van der Waals surface area contributed by atoms with Crippen LogP contribution in [0.3, 0.4) is 0 Å². The van der Waals surface area contributed by atoms with Gasteiger partial charge in [0.25, 0.3) is 5.91 Å². The van der Waals surface area contributed by atoms with Crippen LogP contribution < -0.4 is 10.6 Å². The van der Waals surface area contributed by atoms with Gasteiger partial charge in [-0.15, -0.1) is 0 Å². The molecule has 0 saturated heterocycles. The Morgan fingerprint density at radius 2 is 2.25 bits per heavy atom. The summed E-state index contributed by atoms with van der Waals surface area (Å²) < 4.78 is 4.91. The summed E-state index contributed by atoms with van der Waals surface area (Å²) in [6, 6.07) is 4.89. The van der Waals surface area contributed by atoms with Gasteiger partial charge in [-0.2, -0.15) is 5.10 Å². The monoisotopic (exact) mass is 276 g/mol. The average molecular weight is 276 g/mol. The highest BCUT2D eigenvalue weighted by Gasteiger charge is 2.11. The van der Waals surface area contributed by atoms with Crippen LogP contribution in [0.15, 0.2) is 28.9 Å². The predicted molar refractivity (Wildman–Crippen MR) is 72.3 cm³/mol. The van der Waals surface area contributed by atoms with Crippen molar-refractivity contribution in [3.63, 3.8) is 0 Å². The molecule has 3 N–H and O–H groups in total. The Morgan fingerprint density at radius 1 is 1.45 bits per heavy atom. The van der Waals surface area contributed by atoms with E-state index in [4.69, 9.17) is 4.42 Å². The molecule has 2 rings (SSSR count). The van der Waals surface area contributed by atoms with Gasteiger partial charge in [0, 0.05) is 11.8 Å². The molecule has 0 aliphatic carbocycles. The molecule has 2 aromatic rings. The lowest BCUT2D eigenvalue weighted by atomic mass is 10.1. The average Bonchev–Trinajstić information content (AvgIpc) is 3.06. The van der Waals surface area contributed by atoms with Gasteiger partial charge in [-0.05, 0) is 18.1 Å². The number of furan rings is 1. The SMILES string of the molecule is CC(C)c1cc(NC(=O)CNC(=O)c2ccco2)n[nH]1. The molecule has 106 valence electrons. The Morgan fingerprint density at radius 3 is 2.85 bits per heavy atom. The molecule has 7 nitrogen and oxygen atoms in total. The zero-order chi connectivity index (χ0) is 14.5. The lowest BCUT2D eigenvalue weighted by Gasteiger charge is -2.03. The van der Waals surface area contributed by atoms with Crippen molar-refractivity contribution in [2.24, 2.45) is 0 Å². The molecule has 2 heterocycles. The molecule has 0 aliphatic rings. The Kier molecular flexibility index (Phi) is 4.19. The maximum Gasteiger partial charge on any atom is 0.287 e. The van der Waals surface area contributed by atoms with Gasteiger partial charge in [-0.1, -0.05) is 13.8 Å². The second kappa shape index (κ2) is 6.05. The van der Waals surface area contributed by atoms with Gasteiger partial charge in [0.05, 0.1) is 12.8 Å². The van der Waals surface area contributed by atoms with E-state index in [1.807, 2.05) is 13.8 Å². The van der Waals surface area contributed by atoms with Crippen LogP contribution in [-0.4, -0.2) is 28.6 Å². The number of nitrogens with one attached hydrogen (secondary N) is 3. The van der Waals surface area contributed by atoms with Crippen LogP contribution in [0.4, 0.5) is 5.82 Å². The van der Waals surface area contributed by atoms with Gasteiger partial charge in [0.1, 0.15) is 0 Å². The fourth-order valence-corrected chi connectivity index (χ4v) is 1.54. The number of aromatic amines is 1. The predicted octanol–water partition coefficient (Wildman–Crippen LogP) is 1.49. The quantitative estimate of drug-likeness (QED) is 0.770. The van der Waals surface area contributed by atoms with Crippen LogP contribution in [-0.2, 0) is 4.79 Å². The first-order chi connectivity index (χ1) is 9.56. The largest absolute Gasteiger partial charge is 0.459 e. The summed E-state index contributed by atoms with van der Waals surface area (Å²) in [7, 11) is 0. The minimum absolute atomic E-state index is 0.149. The summed E-state index contributed by atoms with van der Waals surface area (Å²) in [4.78, 5) is 23.2. The summed E-state index contributed by atoms with van der Waals surface area (Å²) in [5.41, 5.74) is 0.930. The van der Waals surface area contributed by atoms with Crippen molar-refractivity contribution in [1.82, 2.24) is 15.5 Å². The Hall–Kier alpha value is -2.57. The van der Waals surface area contributed by atoms with E-state index >= 15 is 0 Å². The molecule has 20 heavy (non-hydrogen) atoms. The van der Waals surface area contributed by atoms with E-state index in [9.17, 15) is 9.59 Å². The first-order valence-corrected chi connectivity index (χ1v) is 6.23. The van der Waals surface area contributed by atoms with Crippen molar-refractivity contribution in [2.45, 2.75) is 19.8 Å². The van der Waals surface area contributed by atoms with Crippen LogP contribution in [0, 0.1) is 0 Å². The number of rotatable bonds is 5. The van der Waals surface area contributed by atoms with Crippen molar-refractivity contribution in [3.05, 3.63) is 35.9 Å². The van der Waals surface area contributed by atoms with Crippen LogP contribution >= 0.6 is 0 Å². The molecule has 0 aromatic carbocycles. The van der Waals surface area contributed by atoms with Crippen LogP contribution in [0.25, 0.3) is 0 Å². The van der Waals surface area contributed by atoms with Gasteiger partial charge in [0.15, 0.2) is 11.6 Å². The lowest BCUT2D eigenvalue weighted by molar-refractivity contribution is -0.115. The van der Waals surface area contributed by atoms with Crippen molar-refractivity contribution >= 4 is 17.6 Å². The minimum Gasteiger partial charge on any atom is -0.459 e. The maximum absolute atomic E-state index is 11.7. The molecule has 0 atom stereocenters. The molecule has 0 bridgehead atoms. The molecule has 0 saturated carbocycles. The molecule has 2 aromatic heterocycles. The fraction of sp³-hybridized carbons (Fsp3) is 0.308. The van der Waals surface area contributed by atoms with E-state index in [1.165, 1.54) is 12.3 Å². The lowest BCUT2D eigenvalue weighted by Crippen LogP contribution is -2.32. The highest BCUT2D eigenvalue weighted by atomic mass is 16.3. The van der Waals surface area contributed by atoms with E-state index < -0.39 is 5.91 Å². The molecular formula is C13H16N4O3. The summed E-state index contributed by atoms with van der Waals surface area (Å²) in [5, 5.41) is 11.8. The van der Waals surface area contributed by atoms with Crippen molar-refractivity contribution < 1.29 is 14.0 Å². The number of amides is 2. The number of nitrogens with zero attached hydrogens (tertiary/aromatic N) is 1. The molecular weight excluding hydrogens is 260 g/mol. The number of anilines is 1. The van der Waals surface area contributed by atoms with Crippen LogP contribution in [0.2, 0.25) is 0 Å². The third kappa shape index (κ3) is 3.47. The smallest absolute Gasteiger partial charge is 0.287 e. The minimum atomic E-state index is -0.435. The van der Waals surface area contributed by atoms with Gasteiger partial charge >= 0.3 is 0 Å². The second-order valence-electron chi connectivity index (χ2n) is 4.57. The molecule has 0 spiro atoms. The van der Waals surface area contributed by atoms with Crippen LogP contribution in [0.5, 0.6) is 0 Å². The number of carbonyl (C=O) groups is 2. The van der Waals surface area contributed by atoms with E-state index in [-0.39, 0.29) is 18.2 Å². The molecule has 0 radical (unpaired) electrons. The number of H-pyrrole nitrogens is 1. The summed E-state index contributed by atoms with van der Waals surface area (Å²) in [6.07, 6.45) is 1.39. The summed E-state index contributed by atoms with van der Waals surface area (Å²) in [5.74, 6) is 0.110. The second-order valence-corrected chi connectivity index (χ2v) is 4.57. The first-order valence-electron chi connectivity index (χ1n) is 6.23. The number of hydrogen-bond donors (Lipinski definition) is 3. The molecule has 0 unspecified atom stereocenters. The zero-order valence-electron chi connectivity index (χ0n) is 11.3. The van der Waals surface area contributed by atoms with E-state index in [0.717, 1.165) is 5.69 Å². The summed E-state index contributed by atoms with van der Waals surface area (Å²) >= 11 is 0. The standard InChI is InChI=1S/C13H16N4O3/c1-8(2)9-6-11(17-16-9)15-12(18)7-14-13(19)10-4-3-5-20-10/h3-6,8H,7H2,1-2H3,(H,14,19)(H2,15,16,17,18). The topological polar surface area (TPSA) is 100 Å². The Balaban J connectivity index is 1.82. The van der Waals surface area contributed by atoms with E-state index in [1.54, 1.807) is 12.1 Å². The number of aromatic nitrogens is 2. The zero-order valence-corrected chi connectivity index (χ0v) is 11.3. The molecule has 0 fully saturated rings. The van der Waals surface area contributed by atoms with Crippen molar-refractivity contribution in [1.29, 1.82) is 0 Å². The Bertz CT molecular complexity index is 587. The highest BCUT2D eigenvalue weighted by Crippen LogP contribution is 2.14. The first kappa shape index (κ1) is 13.9.